The molecule has 0 radical (unpaired) electrons. The van der Waals surface area contributed by atoms with Crippen LogP contribution in [0.4, 0.5) is 0 Å². The van der Waals surface area contributed by atoms with Gasteiger partial charge in [0.2, 0.25) is 5.78 Å². The van der Waals surface area contributed by atoms with Crippen LogP contribution in [0.15, 0.2) is 23.5 Å². The van der Waals surface area contributed by atoms with Crippen LogP contribution in [0, 0.1) is 5.41 Å². The lowest BCUT2D eigenvalue weighted by molar-refractivity contribution is -0.131. The highest BCUT2D eigenvalue weighted by Gasteiger charge is 2.50. The lowest BCUT2D eigenvalue weighted by atomic mass is 9.54. The number of ether oxygens (including phenoxy) is 1. The van der Waals surface area contributed by atoms with E-state index in [1.165, 1.54) is 6.92 Å². The van der Waals surface area contributed by atoms with Crippen molar-refractivity contribution in [3.8, 4) is 5.75 Å². The fourth-order valence-electron chi connectivity index (χ4n) is 4.91. The highest BCUT2D eigenvalue weighted by atomic mass is 16.5. The molecule has 0 heterocycles. The smallest absolute Gasteiger partial charge is 0.308 e. The minimum atomic E-state index is -0.431. The van der Waals surface area contributed by atoms with Gasteiger partial charge in [0.1, 0.15) is 5.75 Å². The number of Topliss-reactive ketones (excluding diaryl/α,β-unsaturated/α-hetero) is 1. The molecule has 1 aromatic carbocycles. The van der Waals surface area contributed by atoms with E-state index in [4.69, 9.17) is 4.74 Å². The number of carbonyl (C=O) groups excluding carboxylic acids is 2. The van der Waals surface area contributed by atoms with Crippen molar-refractivity contribution in [2.75, 3.05) is 0 Å². The molecule has 1 atom stereocenters. The molecule has 1 aromatic rings. The van der Waals surface area contributed by atoms with Crippen molar-refractivity contribution in [2.45, 2.75) is 72.1 Å². The summed E-state index contributed by atoms with van der Waals surface area (Å²) in [4.78, 5) is 24.6. The van der Waals surface area contributed by atoms with Gasteiger partial charge in [0, 0.05) is 17.9 Å². The van der Waals surface area contributed by atoms with Gasteiger partial charge in [0.25, 0.3) is 0 Å². The third-order valence-corrected chi connectivity index (χ3v) is 6.02. The molecule has 0 aliphatic heterocycles. The van der Waals surface area contributed by atoms with Crippen LogP contribution in [0.5, 0.6) is 5.75 Å². The van der Waals surface area contributed by atoms with E-state index in [0.29, 0.717) is 11.3 Å². The summed E-state index contributed by atoms with van der Waals surface area (Å²) < 4.78 is 5.48. The molecule has 4 nitrogen and oxygen atoms in total. The number of esters is 1. The van der Waals surface area contributed by atoms with E-state index in [-0.39, 0.29) is 28.8 Å². The molecule has 4 heteroatoms. The molecular formula is C22H28O4. The molecule has 2 aliphatic rings. The van der Waals surface area contributed by atoms with Gasteiger partial charge in [0.05, 0.1) is 0 Å². The second-order valence-electron chi connectivity index (χ2n) is 8.81. The predicted molar refractivity (Wildman–Crippen MR) is 101 cm³/mol. The number of ketones is 1. The van der Waals surface area contributed by atoms with Crippen LogP contribution in [-0.2, 0) is 10.2 Å². The third kappa shape index (κ3) is 2.67. The van der Waals surface area contributed by atoms with Crippen LogP contribution in [0.25, 0.3) is 0 Å². The largest absolute Gasteiger partial charge is 0.504 e. The molecule has 1 saturated carbocycles. The Labute approximate surface area is 155 Å². The minimum absolute atomic E-state index is 0.0885. The Morgan fingerprint density at radius 3 is 2.42 bits per heavy atom. The van der Waals surface area contributed by atoms with Crippen molar-refractivity contribution in [1.29, 1.82) is 0 Å². The average molecular weight is 356 g/mol. The molecule has 140 valence electrons. The average Bonchev–Trinajstić information content (AvgIpc) is 2.50. The van der Waals surface area contributed by atoms with Gasteiger partial charge in [0.15, 0.2) is 5.76 Å². The summed E-state index contributed by atoms with van der Waals surface area (Å²) in [5.41, 5.74) is 2.35. The molecule has 0 saturated heterocycles. The summed E-state index contributed by atoms with van der Waals surface area (Å²) in [6.45, 7) is 11.6. The lowest BCUT2D eigenvalue weighted by Gasteiger charge is -2.49. The van der Waals surface area contributed by atoms with Crippen molar-refractivity contribution < 1.29 is 19.4 Å². The summed E-state index contributed by atoms with van der Waals surface area (Å²) >= 11 is 0. The molecule has 0 bridgehead atoms. The van der Waals surface area contributed by atoms with E-state index in [1.54, 1.807) is 6.07 Å². The molecule has 1 N–H and O–H groups in total. The van der Waals surface area contributed by atoms with Crippen LogP contribution in [-0.4, -0.2) is 16.9 Å². The Bertz CT molecular complexity index is 829. The summed E-state index contributed by atoms with van der Waals surface area (Å²) in [5, 5.41) is 10.8. The number of hydrogen-bond donors (Lipinski definition) is 1. The Morgan fingerprint density at radius 2 is 1.85 bits per heavy atom. The Morgan fingerprint density at radius 1 is 1.19 bits per heavy atom. The normalized spacial score (nSPS) is 24.3. The minimum Gasteiger partial charge on any atom is -0.504 e. The SMILES string of the molecule is CC(=O)Oc1cc2c(cc1C(C)C)C(=O)C(O)=C1C(C)(C)CCC[C@@]12C. The maximum atomic E-state index is 13.0. The zero-order chi connectivity index (χ0) is 19.4. The van der Waals surface area contributed by atoms with Crippen molar-refractivity contribution >= 4 is 11.8 Å². The number of rotatable bonds is 2. The molecule has 0 aromatic heterocycles. The first-order valence-corrected chi connectivity index (χ1v) is 9.35. The molecule has 0 unspecified atom stereocenters. The van der Waals surface area contributed by atoms with Crippen LogP contribution in [0.2, 0.25) is 0 Å². The predicted octanol–water partition coefficient (Wildman–Crippen LogP) is 5.21. The fraction of sp³-hybridized carbons (Fsp3) is 0.545. The van der Waals surface area contributed by atoms with Gasteiger partial charge in [-0.05, 0) is 53.0 Å². The summed E-state index contributed by atoms with van der Waals surface area (Å²) in [6.07, 6.45) is 2.81. The van der Waals surface area contributed by atoms with Gasteiger partial charge in [-0.25, -0.2) is 0 Å². The van der Waals surface area contributed by atoms with Gasteiger partial charge in [-0.15, -0.1) is 0 Å². The molecule has 1 fully saturated rings. The first-order valence-electron chi connectivity index (χ1n) is 9.35. The Hall–Kier alpha value is -2.10. The number of benzene rings is 1. The monoisotopic (exact) mass is 356 g/mol. The standard InChI is InChI=1S/C22H28O4/c1-12(2)14-10-15-16(11-17(14)26-13(3)23)22(6)9-7-8-21(4,5)20(22)19(25)18(15)24/h10-12,25H,7-9H2,1-6H3/t22-/m1/s1. The Kier molecular flexibility index (Phi) is 4.29. The van der Waals surface area contributed by atoms with Crippen molar-refractivity contribution in [3.63, 3.8) is 0 Å². The second kappa shape index (κ2) is 5.97. The quantitative estimate of drug-likeness (QED) is 0.583. The van der Waals surface area contributed by atoms with E-state index in [2.05, 4.69) is 20.8 Å². The molecule has 2 aliphatic carbocycles. The molecule has 0 spiro atoms. The van der Waals surface area contributed by atoms with Gasteiger partial charge < -0.3 is 9.84 Å². The third-order valence-electron chi connectivity index (χ3n) is 6.02. The zero-order valence-electron chi connectivity index (χ0n) is 16.5. The van der Waals surface area contributed by atoms with Crippen LogP contribution in [0.3, 0.4) is 0 Å². The van der Waals surface area contributed by atoms with Crippen molar-refractivity contribution in [3.05, 3.63) is 40.2 Å². The molecule has 3 rings (SSSR count). The molecule has 26 heavy (non-hydrogen) atoms. The van der Waals surface area contributed by atoms with Gasteiger partial charge in [-0.1, -0.05) is 41.0 Å². The fourth-order valence-corrected chi connectivity index (χ4v) is 4.91. The summed E-state index contributed by atoms with van der Waals surface area (Å²) in [6, 6.07) is 3.66. The maximum absolute atomic E-state index is 13.0. The number of carbonyl (C=O) groups is 2. The highest BCUT2D eigenvalue weighted by molar-refractivity contribution is 6.11. The van der Waals surface area contributed by atoms with Gasteiger partial charge in [-0.3, -0.25) is 9.59 Å². The number of allylic oxidation sites excluding steroid dienone is 2. The van der Waals surface area contributed by atoms with Crippen molar-refractivity contribution in [1.82, 2.24) is 0 Å². The number of aliphatic hydroxyl groups excluding tert-OH is 1. The number of aliphatic hydroxyl groups is 1. The topological polar surface area (TPSA) is 63.6 Å². The first kappa shape index (κ1) is 18.7. The molecule has 0 amide bonds. The molecular weight excluding hydrogens is 328 g/mol. The van der Waals surface area contributed by atoms with Crippen molar-refractivity contribution in [2.24, 2.45) is 5.41 Å². The zero-order valence-corrected chi connectivity index (χ0v) is 16.5. The van der Waals surface area contributed by atoms with E-state index in [0.717, 1.165) is 36.0 Å². The van der Waals surface area contributed by atoms with Gasteiger partial charge >= 0.3 is 5.97 Å². The second-order valence-corrected chi connectivity index (χ2v) is 8.81. The van der Waals surface area contributed by atoms with E-state index < -0.39 is 5.41 Å². The van der Waals surface area contributed by atoms with E-state index in [1.807, 2.05) is 19.9 Å². The summed E-state index contributed by atoms with van der Waals surface area (Å²) in [7, 11) is 0. The summed E-state index contributed by atoms with van der Waals surface area (Å²) in [5.74, 6) is -0.185. The van der Waals surface area contributed by atoms with E-state index >= 15 is 0 Å². The van der Waals surface area contributed by atoms with Crippen LogP contribution in [0.1, 0.15) is 88.2 Å². The van der Waals surface area contributed by atoms with Crippen LogP contribution >= 0.6 is 0 Å². The van der Waals surface area contributed by atoms with Gasteiger partial charge in [-0.2, -0.15) is 0 Å². The lowest BCUT2D eigenvalue weighted by Crippen LogP contribution is -2.43. The number of hydrogen-bond acceptors (Lipinski definition) is 4. The maximum Gasteiger partial charge on any atom is 0.308 e. The number of fused-ring (bicyclic) bond motifs is 3. The van der Waals surface area contributed by atoms with E-state index in [9.17, 15) is 14.7 Å². The highest BCUT2D eigenvalue weighted by Crippen LogP contribution is 2.56. The first-order chi connectivity index (χ1) is 12.0. The Balaban J connectivity index is 2.31. The van der Waals surface area contributed by atoms with Crippen LogP contribution < -0.4 is 4.74 Å².